The second-order valence-corrected chi connectivity index (χ2v) is 6.89. The molecule has 0 fully saturated rings. The van der Waals surface area contributed by atoms with E-state index in [1.807, 2.05) is 0 Å². The highest BCUT2D eigenvalue weighted by Crippen LogP contribution is 2.22. The maximum atomic E-state index is 12.7. The molecule has 0 saturated carbocycles. The van der Waals surface area contributed by atoms with Crippen LogP contribution in [0.15, 0.2) is 40.6 Å². The molecule has 2 aromatic rings. The normalized spacial score (nSPS) is 10.7. The van der Waals surface area contributed by atoms with Crippen LogP contribution in [0, 0.1) is 17.7 Å². The molecule has 1 aromatic carbocycles. The minimum absolute atomic E-state index is 0.00601. The first-order chi connectivity index (χ1) is 10.9. The summed E-state index contributed by atoms with van der Waals surface area (Å²) in [5.74, 6) is 4.25. The molecule has 1 aromatic heterocycles. The maximum Gasteiger partial charge on any atom is 0.349 e. The van der Waals surface area contributed by atoms with Crippen LogP contribution >= 0.6 is 11.3 Å². The van der Waals surface area contributed by atoms with Crippen molar-refractivity contribution in [2.75, 3.05) is 13.7 Å². The molecule has 0 atom stereocenters. The van der Waals surface area contributed by atoms with Gasteiger partial charge in [-0.25, -0.2) is 17.6 Å². The summed E-state index contributed by atoms with van der Waals surface area (Å²) in [6.07, 6.45) is 0. The van der Waals surface area contributed by atoms with Gasteiger partial charge in [0.2, 0.25) is 10.0 Å². The van der Waals surface area contributed by atoms with E-state index in [0.717, 1.165) is 11.3 Å². The van der Waals surface area contributed by atoms with Gasteiger partial charge in [-0.2, -0.15) is 4.72 Å². The molecule has 0 aliphatic rings. The lowest BCUT2D eigenvalue weighted by molar-refractivity contribution is 0.0602. The molecule has 23 heavy (non-hydrogen) atoms. The van der Waals surface area contributed by atoms with E-state index in [-0.39, 0.29) is 22.1 Å². The SMILES string of the molecule is COC(=O)c1sccc1S(=O)(=O)NCC#Cc1ccc(F)cc1. The number of rotatable bonds is 4. The summed E-state index contributed by atoms with van der Waals surface area (Å²) in [4.78, 5) is 11.4. The van der Waals surface area contributed by atoms with Gasteiger partial charge in [0.05, 0.1) is 13.7 Å². The van der Waals surface area contributed by atoms with Gasteiger partial charge in [-0.05, 0) is 35.7 Å². The van der Waals surface area contributed by atoms with E-state index in [9.17, 15) is 17.6 Å². The van der Waals surface area contributed by atoms with Gasteiger partial charge >= 0.3 is 5.97 Å². The smallest absolute Gasteiger partial charge is 0.349 e. The monoisotopic (exact) mass is 353 g/mol. The van der Waals surface area contributed by atoms with Crippen molar-refractivity contribution < 1.29 is 22.3 Å². The van der Waals surface area contributed by atoms with Crippen molar-refractivity contribution in [3.63, 3.8) is 0 Å². The van der Waals surface area contributed by atoms with Crippen LogP contribution in [0.1, 0.15) is 15.2 Å². The molecule has 5 nitrogen and oxygen atoms in total. The van der Waals surface area contributed by atoms with Crippen molar-refractivity contribution in [1.29, 1.82) is 0 Å². The number of halogens is 1. The Morgan fingerprint density at radius 3 is 2.65 bits per heavy atom. The molecule has 0 aliphatic carbocycles. The van der Waals surface area contributed by atoms with Gasteiger partial charge in [0.25, 0.3) is 0 Å². The third-order valence-corrected chi connectivity index (χ3v) is 5.18. The highest BCUT2D eigenvalue weighted by atomic mass is 32.2. The molecule has 1 N–H and O–H groups in total. The van der Waals surface area contributed by atoms with Crippen molar-refractivity contribution in [3.05, 3.63) is 52.0 Å². The van der Waals surface area contributed by atoms with Crippen molar-refractivity contribution >= 4 is 27.3 Å². The van der Waals surface area contributed by atoms with Gasteiger partial charge in [-0.3, -0.25) is 0 Å². The van der Waals surface area contributed by atoms with Crippen LogP contribution < -0.4 is 4.72 Å². The number of thiophene rings is 1. The topological polar surface area (TPSA) is 72.5 Å². The predicted octanol–water partition coefficient (Wildman–Crippen LogP) is 2.00. The second-order valence-electron chi connectivity index (χ2n) is 4.24. The number of sulfonamides is 1. The van der Waals surface area contributed by atoms with Gasteiger partial charge < -0.3 is 4.74 Å². The van der Waals surface area contributed by atoms with E-state index in [1.54, 1.807) is 0 Å². The molecule has 120 valence electrons. The van der Waals surface area contributed by atoms with Gasteiger partial charge in [-0.1, -0.05) is 11.8 Å². The number of methoxy groups -OCH3 is 1. The zero-order valence-electron chi connectivity index (χ0n) is 12.0. The van der Waals surface area contributed by atoms with Crippen molar-refractivity contribution in [2.45, 2.75) is 4.90 Å². The Labute approximate surface area is 137 Å². The third kappa shape index (κ3) is 4.39. The minimum Gasteiger partial charge on any atom is -0.465 e. The number of esters is 1. The Morgan fingerprint density at radius 2 is 2.00 bits per heavy atom. The molecule has 0 bridgehead atoms. The number of carbonyl (C=O) groups is 1. The molecular formula is C15H12FNO4S2. The molecule has 0 spiro atoms. The lowest BCUT2D eigenvalue weighted by Gasteiger charge is -2.04. The van der Waals surface area contributed by atoms with Gasteiger partial charge in [0.15, 0.2) is 0 Å². The first-order valence-corrected chi connectivity index (χ1v) is 8.70. The average Bonchev–Trinajstić information content (AvgIpc) is 3.03. The Bertz CT molecular complexity index is 861. The summed E-state index contributed by atoms with van der Waals surface area (Å²) in [6, 6.07) is 6.84. The summed E-state index contributed by atoms with van der Waals surface area (Å²) >= 11 is 0.981. The van der Waals surface area contributed by atoms with Crippen LogP contribution in [-0.2, 0) is 14.8 Å². The van der Waals surface area contributed by atoms with E-state index in [0.29, 0.717) is 5.56 Å². The number of hydrogen-bond acceptors (Lipinski definition) is 5. The number of hydrogen-bond donors (Lipinski definition) is 1. The van der Waals surface area contributed by atoms with Gasteiger partial charge in [0, 0.05) is 5.56 Å². The number of carbonyl (C=O) groups excluding carboxylic acids is 1. The first-order valence-electron chi connectivity index (χ1n) is 6.34. The Morgan fingerprint density at radius 1 is 1.30 bits per heavy atom. The number of ether oxygens (including phenoxy) is 1. The fourth-order valence-electron chi connectivity index (χ4n) is 1.64. The molecule has 0 amide bonds. The average molecular weight is 353 g/mol. The number of nitrogens with one attached hydrogen (secondary N) is 1. The summed E-state index contributed by atoms with van der Waals surface area (Å²) in [5, 5.41) is 1.49. The molecule has 2 rings (SSSR count). The van der Waals surface area contributed by atoms with Crippen LogP contribution in [0.2, 0.25) is 0 Å². The summed E-state index contributed by atoms with van der Waals surface area (Å²) in [5.41, 5.74) is 0.566. The van der Waals surface area contributed by atoms with Gasteiger partial charge in [-0.15, -0.1) is 11.3 Å². The lowest BCUT2D eigenvalue weighted by atomic mass is 10.2. The Balaban J connectivity index is 2.07. The van der Waals surface area contributed by atoms with Crippen LogP contribution in [0.3, 0.4) is 0 Å². The first kappa shape index (κ1) is 17.1. The third-order valence-electron chi connectivity index (χ3n) is 2.72. The summed E-state index contributed by atoms with van der Waals surface area (Å²) in [6.45, 7) is -0.143. The predicted molar refractivity (Wildman–Crippen MR) is 84.1 cm³/mol. The highest BCUT2D eigenvalue weighted by Gasteiger charge is 2.23. The molecule has 8 heteroatoms. The standard InChI is InChI=1S/C15H12FNO4S2/c1-21-15(18)14-13(8-10-22-14)23(19,20)17-9-2-3-11-4-6-12(16)7-5-11/h4-8,10,17H,9H2,1H3. The maximum absolute atomic E-state index is 12.7. The van der Waals surface area contributed by atoms with Crippen LogP contribution in [0.5, 0.6) is 0 Å². The quantitative estimate of drug-likeness (QED) is 0.674. The zero-order chi connectivity index (χ0) is 16.9. The fraction of sp³-hybridized carbons (Fsp3) is 0.133. The van der Waals surface area contributed by atoms with E-state index in [2.05, 4.69) is 21.3 Å². The molecule has 0 saturated heterocycles. The van der Waals surface area contributed by atoms with E-state index >= 15 is 0 Å². The van der Waals surface area contributed by atoms with E-state index < -0.39 is 16.0 Å². The number of benzene rings is 1. The molecule has 1 heterocycles. The van der Waals surface area contributed by atoms with E-state index in [4.69, 9.17) is 0 Å². The zero-order valence-corrected chi connectivity index (χ0v) is 13.6. The lowest BCUT2D eigenvalue weighted by Crippen LogP contribution is -2.25. The van der Waals surface area contributed by atoms with Crippen molar-refractivity contribution in [1.82, 2.24) is 4.72 Å². The Kier molecular flexibility index (Phi) is 5.50. The molecule has 0 radical (unpaired) electrons. The largest absolute Gasteiger partial charge is 0.465 e. The van der Waals surface area contributed by atoms with Crippen molar-refractivity contribution in [2.24, 2.45) is 0 Å². The van der Waals surface area contributed by atoms with Crippen molar-refractivity contribution in [3.8, 4) is 11.8 Å². The molecular weight excluding hydrogens is 341 g/mol. The summed E-state index contributed by atoms with van der Waals surface area (Å²) in [7, 11) is -2.69. The highest BCUT2D eigenvalue weighted by molar-refractivity contribution is 7.89. The van der Waals surface area contributed by atoms with E-state index in [1.165, 1.54) is 42.8 Å². The van der Waals surface area contributed by atoms with Crippen LogP contribution in [-0.4, -0.2) is 28.0 Å². The summed E-state index contributed by atoms with van der Waals surface area (Å²) < 4.78 is 43.9. The second kappa shape index (κ2) is 7.37. The fourth-order valence-corrected chi connectivity index (χ4v) is 3.89. The molecule has 0 aliphatic heterocycles. The Hall–Kier alpha value is -2.21. The minimum atomic E-state index is -3.87. The van der Waals surface area contributed by atoms with Crippen LogP contribution in [0.25, 0.3) is 0 Å². The van der Waals surface area contributed by atoms with Gasteiger partial charge in [0.1, 0.15) is 15.6 Å². The van der Waals surface area contributed by atoms with Crippen LogP contribution in [0.4, 0.5) is 4.39 Å². The molecule has 0 unspecified atom stereocenters.